The summed E-state index contributed by atoms with van der Waals surface area (Å²) in [4.78, 5) is 19.8. The van der Waals surface area contributed by atoms with Gasteiger partial charge in [0.05, 0.1) is 11.2 Å². The number of rotatable bonds is 2. The number of nitrogens with zero attached hydrogens (tertiary/aromatic N) is 2. The predicted molar refractivity (Wildman–Crippen MR) is 64.6 cm³/mol. The first-order chi connectivity index (χ1) is 7.68. The Balaban J connectivity index is 2.42. The fourth-order valence-corrected chi connectivity index (χ4v) is 1.99. The van der Waals surface area contributed by atoms with Gasteiger partial charge in [0.15, 0.2) is 0 Å². The van der Waals surface area contributed by atoms with Crippen LogP contribution in [0.15, 0.2) is 41.3 Å². The van der Waals surface area contributed by atoms with E-state index in [1.807, 2.05) is 0 Å². The fourth-order valence-electron chi connectivity index (χ4n) is 1.23. The molecule has 16 heavy (non-hydrogen) atoms. The van der Waals surface area contributed by atoms with Crippen molar-refractivity contribution >= 4 is 33.3 Å². The van der Waals surface area contributed by atoms with E-state index in [0.29, 0.717) is 10.6 Å². The van der Waals surface area contributed by atoms with Crippen LogP contribution in [0.1, 0.15) is 16.1 Å². The van der Waals surface area contributed by atoms with Crippen LogP contribution in [0.4, 0.5) is 0 Å². The van der Waals surface area contributed by atoms with E-state index in [0.717, 1.165) is 4.47 Å². The number of benzene rings is 1. The van der Waals surface area contributed by atoms with Crippen molar-refractivity contribution in [1.82, 2.24) is 9.97 Å². The Morgan fingerprint density at radius 2 is 2.12 bits per heavy atom. The van der Waals surface area contributed by atoms with Gasteiger partial charge in [-0.3, -0.25) is 9.78 Å². The number of carbonyl (C=O) groups is 1. The van der Waals surface area contributed by atoms with Gasteiger partial charge in [0.25, 0.3) is 0 Å². The lowest BCUT2D eigenvalue weighted by Crippen LogP contribution is -2.04. The fraction of sp³-hybridized carbons (Fsp3) is 0. The summed E-state index contributed by atoms with van der Waals surface area (Å²) in [5.41, 5.74) is 0.706. The molecule has 0 saturated heterocycles. The van der Waals surface area contributed by atoms with E-state index in [-0.39, 0.29) is 11.5 Å². The molecule has 0 aliphatic heterocycles. The Bertz CT molecular complexity index is 531. The number of hydrogen-bond acceptors (Lipinski definition) is 3. The van der Waals surface area contributed by atoms with E-state index in [1.165, 1.54) is 18.6 Å². The summed E-state index contributed by atoms with van der Waals surface area (Å²) in [6, 6.07) is 5.09. The molecule has 0 atom stereocenters. The standard InChI is InChI=1S/C11H6BrClN2O/c12-7-1-2-8(9(13)5-7)11(16)10-6-14-3-4-15-10/h1-6H. The van der Waals surface area contributed by atoms with Gasteiger partial charge in [-0.1, -0.05) is 27.5 Å². The van der Waals surface area contributed by atoms with Gasteiger partial charge in [0.2, 0.25) is 5.78 Å². The highest BCUT2D eigenvalue weighted by atomic mass is 79.9. The Kier molecular flexibility index (Phi) is 3.31. The van der Waals surface area contributed by atoms with Gasteiger partial charge in [-0.05, 0) is 18.2 Å². The minimum Gasteiger partial charge on any atom is -0.287 e. The van der Waals surface area contributed by atoms with E-state index >= 15 is 0 Å². The lowest BCUT2D eigenvalue weighted by atomic mass is 10.1. The Labute approximate surface area is 106 Å². The Morgan fingerprint density at radius 3 is 2.75 bits per heavy atom. The van der Waals surface area contributed by atoms with Gasteiger partial charge < -0.3 is 0 Å². The summed E-state index contributed by atoms with van der Waals surface area (Å²) in [5, 5.41) is 0.394. The molecule has 2 rings (SSSR count). The highest BCUT2D eigenvalue weighted by Gasteiger charge is 2.13. The molecule has 0 bridgehead atoms. The Hall–Kier alpha value is -1.26. The first kappa shape index (κ1) is 11.2. The third-order valence-electron chi connectivity index (χ3n) is 1.97. The lowest BCUT2D eigenvalue weighted by Gasteiger charge is -2.02. The van der Waals surface area contributed by atoms with E-state index in [9.17, 15) is 4.79 Å². The smallest absolute Gasteiger partial charge is 0.214 e. The van der Waals surface area contributed by atoms with Crippen LogP contribution in [-0.4, -0.2) is 15.8 Å². The average Bonchev–Trinajstić information content (AvgIpc) is 2.29. The second-order valence-electron chi connectivity index (χ2n) is 3.04. The highest BCUT2D eigenvalue weighted by Crippen LogP contribution is 2.22. The first-order valence-electron chi connectivity index (χ1n) is 4.44. The summed E-state index contributed by atoms with van der Waals surface area (Å²) >= 11 is 9.25. The molecule has 0 unspecified atom stereocenters. The van der Waals surface area contributed by atoms with Crippen molar-refractivity contribution in [2.45, 2.75) is 0 Å². The molecule has 0 aliphatic rings. The summed E-state index contributed by atoms with van der Waals surface area (Å²) in [7, 11) is 0. The topological polar surface area (TPSA) is 42.9 Å². The molecular formula is C11H6BrClN2O. The maximum Gasteiger partial charge on any atom is 0.214 e. The highest BCUT2D eigenvalue weighted by molar-refractivity contribution is 9.10. The van der Waals surface area contributed by atoms with E-state index in [2.05, 4.69) is 25.9 Å². The SMILES string of the molecule is O=C(c1cnccn1)c1ccc(Br)cc1Cl. The molecule has 3 nitrogen and oxygen atoms in total. The summed E-state index contributed by atoms with van der Waals surface area (Å²) in [6.07, 6.45) is 4.40. The molecule has 1 heterocycles. The van der Waals surface area contributed by atoms with E-state index < -0.39 is 0 Å². The van der Waals surface area contributed by atoms with Crippen LogP contribution in [0, 0.1) is 0 Å². The first-order valence-corrected chi connectivity index (χ1v) is 5.61. The molecule has 0 N–H and O–H groups in total. The third-order valence-corrected chi connectivity index (χ3v) is 2.78. The molecule has 0 amide bonds. The zero-order valence-electron chi connectivity index (χ0n) is 8.02. The molecule has 0 fully saturated rings. The third kappa shape index (κ3) is 2.28. The minimum absolute atomic E-state index is 0.231. The Morgan fingerprint density at radius 1 is 1.31 bits per heavy atom. The largest absolute Gasteiger partial charge is 0.287 e. The summed E-state index contributed by atoms with van der Waals surface area (Å²) in [6.45, 7) is 0. The van der Waals surface area contributed by atoms with Crippen LogP contribution < -0.4 is 0 Å². The van der Waals surface area contributed by atoms with Crippen LogP contribution >= 0.6 is 27.5 Å². The van der Waals surface area contributed by atoms with Crippen LogP contribution in [-0.2, 0) is 0 Å². The van der Waals surface area contributed by atoms with Gasteiger partial charge in [-0.2, -0.15) is 0 Å². The molecule has 0 aliphatic carbocycles. The summed E-state index contributed by atoms with van der Waals surface area (Å²) < 4.78 is 0.827. The number of aromatic nitrogens is 2. The second-order valence-corrected chi connectivity index (χ2v) is 4.37. The van der Waals surface area contributed by atoms with Crippen molar-refractivity contribution in [2.24, 2.45) is 0 Å². The maximum atomic E-state index is 12.0. The van der Waals surface area contributed by atoms with Crippen LogP contribution in [0.25, 0.3) is 0 Å². The second kappa shape index (κ2) is 4.72. The van der Waals surface area contributed by atoms with Gasteiger partial charge >= 0.3 is 0 Å². The molecule has 1 aromatic heterocycles. The van der Waals surface area contributed by atoms with Crippen LogP contribution in [0.5, 0.6) is 0 Å². The molecular weight excluding hydrogens is 291 g/mol. The predicted octanol–water partition coefficient (Wildman–Crippen LogP) is 3.12. The normalized spacial score (nSPS) is 10.1. The number of halogens is 2. The molecule has 5 heteroatoms. The zero-order valence-corrected chi connectivity index (χ0v) is 10.4. The number of hydrogen-bond donors (Lipinski definition) is 0. The minimum atomic E-state index is -0.231. The van der Waals surface area contributed by atoms with Crippen molar-refractivity contribution < 1.29 is 4.79 Å². The number of carbonyl (C=O) groups excluding carboxylic acids is 1. The summed E-state index contributed by atoms with van der Waals surface area (Å²) in [5.74, 6) is -0.231. The molecule has 0 saturated carbocycles. The van der Waals surface area contributed by atoms with E-state index in [4.69, 9.17) is 11.6 Å². The van der Waals surface area contributed by atoms with Crippen molar-refractivity contribution in [3.8, 4) is 0 Å². The monoisotopic (exact) mass is 296 g/mol. The molecule has 80 valence electrons. The quantitative estimate of drug-likeness (QED) is 0.800. The van der Waals surface area contributed by atoms with Crippen molar-refractivity contribution in [3.63, 3.8) is 0 Å². The molecule has 0 radical (unpaired) electrons. The van der Waals surface area contributed by atoms with E-state index in [1.54, 1.807) is 18.2 Å². The zero-order chi connectivity index (χ0) is 11.5. The van der Waals surface area contributed by atoms with Crippen molar-refractivity contribution in [2.75, 3.05) is 0 Å². The van der Waals surface area contributed by atoms with Gasteiger partial charge in [-0.25, -0.2) is 4.98 Å². The van der Waals surface area contributed by atoms with Crippen LogP contribution in [0.2, 0.25) is 5.02 Å². The molecule has 0 spiro atoms. The van der Waals surface area contributed by atoms with Gasteiger partial charge in [0.1, 0.15) is 5.69 Å². The maximum absolute atomic E-state index is 12.0. The number of ketones is 1. The van der Waals surface area contributed by atoms with Crippen LogP contribution in [0.3, 0.4) is 0 Å². The average molecular weight is 298 g/mol. The molecule has 2 aromatic rings. The van der Waals surface area contributed by atoms with Gasteiger partial charge in [0, 0.05) is 22.4 Å². The lowest BCUT2D eigenvalue weighted by molar-refractivity contribution is 0.103. The van der Waals surface area contributed by atoms with Gasteiger partial charge in [-0.15, -0.1) is 0 Å². The molecule has 1 aromatic carbocycles. The van der Waals surface area contributed by atoms with Crippen molar-refractivity contribution in [1.29, 1.82) is 0 Å². The van der Waals surface area contributed by atoms with Crippen molar-refractivity contribution in [3.05, 3.63) is 57.5 Å².